The molecule has 1 aromatic heterocycles. The van der Waals surface area contributed by atoms with Crippen LogP contribution in [0.1, 0.15) is 40.3 Å². The van der Waals surface area contributed by atoms with Gasteiger partial charge in [-0.3, -0.25) is 4.79 Å². The summed E-state index contributed by atoms with van der Waals surface area (Å²) in [5.41, 5.74) is 3.85. The quantitative estimate of drug-likeness (QED) is 0.722. The normalized spacial score (nSPS) is 16.4. The molecule has 1 aliphatic rings. The molecule has 0 saturated heterocycles. The number of aliphatic hydroxyl groups is 1. The number of carbonyl (C=O) groups is 1. The van der Waals surface area contributed by atoms with Crippen molar-refractivity contribution in [3.63, 3.8) is 0 Å². The van der Waals surface area contributed by atoms with Gasteiger partial charge in [-0.25, -0.2) is 0 Å². The van der Waals surface area contributed by atoms with Crippen molar-refractivity contribution in [2.24, 2.45) is 0 Å². The molecule has 0 aliphatic carbocycles. The summed E-state index contributed by atoms with van der Waals surface area (Å²) in [6.07, 6.45) is 6.87. The first kappa shape index (κ1) is 17.8. The summed E-state index contributed by atoms with van der Waals surface area (Å²) in [6.45, 7) is 2.51. The zero-order valence-corrected chi connectivity index (χ0v) is 15.1. The molecule has 136 valence electrons. The molecule has 0 bridgehead atoms. The van der Waals surface area contributed by atoms with Gasteiger partial charge in [0.2, 0.25) is 0 Å². The maximum atomic E-state index is 12.1. The van der Waals surface area contributed by atoms with Crippen LogP contribution in [0.15, 0.2) is 48.8 Å². The van der Waals surface area contributed by atoms with Crippen molar-refractivity contribution in [1.82, 2.24) is 15.2 Å². The minimum absolute atomic E-state index is 0.162. The Bertz CT molecular complexity index is 867. The van der Waals surface area contributed by atoms with Crippen molar-refractivity contribution in [2.45, 2.75) is 13.2 Å². The molecule has 2 aromatic rings. The van der Waals surface area contributed by atoms with E-state index in [2.05, 4.69) is 10.3 Å². The molecule has 1 aliphatic heterocycles. The monoisotopic (exact) mass is 353 g/mol. The summed E-state index contributed by atoms with van der Waals surface area (Å²) in [5.74, 6) is 0.504. The van der Waals surface area contributed by atoms with E-state index in [1.807, 2.05) is 42.3 Å². The van der Waals surface area contributed by atoms with Crippen molar-refractivity contribution in [2.75, 3.05) is 20.7 Å². The summed E-state index contributed by atoms with van der Waals surface area (Å²) in [7, 11) is 3.21. The fraction of sp³-hybridized carbons (Fsp3) is 0.250. The Morgan fingerprint density at radius 3 is 2.88 bits per heavy atom. The Hall–Kier alpha value is -2.99. The molecular weight excluding hydrogens is 330 g/mol. The lowest BCUT2D eigenvalue weighted by molar-refractivity contribution is 0.0388. The molecular formula is C20H23N3O3. The van der Waals surface area contributed by atoms with Gasteiger partial charge in [0, 0.05) is 48.3 Å². The number of H-pyrrole nitrogens is 1. The number of allylic oxidation sites excluding steroid dienone is 1. The third-order valence-corrected chi connectivity index (χ3v) is 4.47. The number of aliphatic hydroxyl groups excluding tert-OH is 1. The van der Waals surface area contributed by atoms with Crippen LogP contribution in [-0.4, -0.2) is 41.6 Å². The first-order valence-electron chi connectivity index (χ1n) is 8.45. The van der Waals surface area contributed by atoms with Gasteiger partial charge in [-0.1, -0.05) is 12.2 Å². The molecule has 3 rings (SSSR count). The smallest absolute Gasteiger partial charge is 0.251 e. The van der Waals surface area contributed by atoms with Crippen LogP contribution >= 0.6 is 0 Å². The SMILES string of the molecule is C/C=C/CN1C=C(c2cc(C(=O)NC)ccc2OC)c2cc[nH]c2C1O. The summed E-state index contributed by atoms with van der Waals surface area (Å²) in [6, 6.07) is 7.25. The van der Waals surface area contributed by atoms with Gasteiger partial charge in [0.05, 0.1) is 12.8 Å². The van der Waals surface area contributed by atoms with Crippen LogP contribution in [0.3, 0.4) is 0 Å². The Morgan fingerprint density at radius 2 is 2.19 bits per heavy atom. The van der Waals surface area contributed by atoms with Crippen LogP contribution in [0.2, 0.25) is 0 Å². The number of nitrogens with one attached hydrogen (secondary N) is 2. The van der Waals surface area contributed by atoms with Crippen molar-refractivity contribution in [1.29, 1.82) is 0 Å². The molecule has 26 heavy (non-hydrogen) atoms. The summed E-state index contributed by atoms with van der Waals surface area (Å²) in [5, 5.41) is 13.3. The number of methoxy groups -OCH3 is 1. The lowest BCUT2D eigenvalue weighted by Gasteiger charge is -2.31. The number of hydrogen-bond acceptors (Lipinski definition) is 4. The average Bonchev–Trinajstić information content (AvgIpc) is 3.16. The number of rotatable bonds is 5. The van der Waals surface area contributed by atoms with Crippen LogP contribution in [-0.2, 0) is 0 Å². The molecule has 1 amide bonds. The lowest BCUT2D eigenvalue weighted by atomic mass is 9.93. The van der Waals surface area contributed by atoms with Gasteiger partial charge in [-0.2, -0.15) is 0 Å². The Morgan fingerprint density at radius 1 is 1.38 bits per heavy atom. The highest BCUT2D eigenvalue weighted by Crippen LogP contribution is 2.39. The maximum Gasteiger partial charge on any atom is 0.251 e. The predicted molar refractivity (Wildman–Crippen MR) is 101 cm³/mol. The molecule has 1 unspecified atom stereocenters. The van der Waals surface area contributed by atoms with Crippen LogP contribution in [0, 0.1) is 0 Å². The molecule has 6 nitrogen and oxygen atoms in total. The highest BCUT2D eigenvalue weighted by Gasteiger charge is 2.28. The fourth-order valence-corrected chi connectivity index (χ4v) is 3.10. The van der Waals surface area contributed by atoms with Gasteiger partial charge in [0.1, 0.15) is 5.75 Å². The summed E-state index contributed by atoms with van der Waals surface area (Å²) < 4.78 is 5.52. The minimum Gasteiger partial charge on any atom is -0.496 e. The highest BCUT2D eigenvalue weighted by atomic mass is 16.5. The number of carbonyl (C=O) groups excluding carboxylic acids is 1. The first-order valence-corrected chi connectivity index (χ1v) is 8.45. The zero-order valence-electron chi connectivity index (χ0n) is 15.1. The fourth-order valence-electron chi connectivity index (χ4n) is 3.10. The van der Waals surface area contributed by atoms with E-state index in [4.69, 9.17) is 4.74 Å². The minimum atomic E-state index is -0.756. The van der Waals surface area contributed by atoms with E-state index in [-0.39, 0.29) is 5.91 Å². The Balaban J connectivity index is 2.15. The third kappa shape index (κ3) is 3.11. The van der Waals surface area contributed by atoms with E-state index in [0.29, 0.717) is 17.9 Å². The number of nitrogens with zero attached hydrogens (tertiary/aromatic N) is 1. The molecule has 6 heteroatoms. The second-order valence-corrected chi connectivity index (χ2v) is 5.98. The molecule has 0 saturated carbocycles. The van der Waals surface area contributed by atoms with Gasteiger partial charge < -0.3 is 25.0 Å². The topological polar surface area (TPSA) is 77.6 Å². The number of ether oxygens (including phenoxy) is 1. The standard InChI is InChI=1S/C20H23N3O3/c1-4-5-10-23-12-16(14-8-9-22-18(14)20(23)25)15-11-13(19(24)21-2)6-7-17(15)26-3/h4-9,11-12,20,22,25H,10H2,1-3H3,(H,21,24)/b5-4+. The first-order chi connectivity index (χ1) is 12.6. The molecule has 1 atom stereocenters. The van der Waals surface area contributed by atoms with Crippen molar-refractivity contribution >= 4 is 11.5 Å². The van der Waals surface area contributed by atoms with Gasteiger partial charge in [0.25, 0.3) is 5.91 Å². The van der Waals surface area contributed by atoms with Gasteiger partial charge in [0.15, 0.2) is 6.23 Å². The van der Waals surface area contributed by atoms with Gasteiger partial charge >= 0.3 is 0 Å². The van der Waals surface area contributed by atoms with Crippen LogP contribution in [0.4, 0.5) is 0 Å². The Labute approximate surface area is 152 Å². The van der Waals surface area contributed by atoms with Crippen LogP contribution in [0.5, 0.6) is 5.75 Å². The number of aromatic amines is 1. The largest absolute Gasteiger partial charge is 0.496 e. The lowest BCUT2D eigenvalue weighted by Crippen LogP contribution is -2.28. The third-order valence-electron chi connectivity index (χ3n) is 4.47. The zero-order chi connectivity index (χ0) is 18.7. The molecule has 1 aromatic carbocycles. The maximum absolute atomic E-state index is 12.1. The van der Waals surface area contributed by atoms with Crippen molar-refractivity contribution < 1.29 is 14.6 Å². The Kier molecular flexibility index (Phi) is 5.14. The van der Waals surface area contributed by atoms with E-state index < -0.39 is 6.23 Å². The number of benzene rings is 1. The molecule has 0 fully saturated rings. The van der Waals surface area contributed by atoms with E-state index in [9.17, 15) is 9.90 Å². The van der Waals surface area contributed by atoms with E-state index in [1.54, 1.807) is 32.5 Å². The van der Waals surface area contributed by atoms with Gasteiger partial charge in [-0.15, -0.1) is 0 Å². The number of amides is 1. The number of fused-ring (bicyclic) bond motifs is 1. The molecule has 2 heterocycles. The summed E-state index contributed by atoms with van der Waals surface area (Å²) >= 11 is 0. The van der Waals surface area contributed by atoms with E-state index in [1.165, 1.54) is 0 Å². The van der Waals surface area contributed by atoms with Crippen molar-refractivity contribution in [3.05, 3.63) is 71.2 Å². The molecule has 3 N–H and O–H groups in total. The second kappa shape index (κ2) is 7.49. The predicted octanol–water partition coefficient (Wildman–Crippen LogP) is 2.65. The van der Waals surface area contributed by atoms with Gasteiger partial charge in [-0.05, 0) is 31.2 Å². The van der Waals surface area contributed by atoms with Crippen LogP contribution in [0.25, 0.3) is 5.57 Å². The molecule has 0 spiro atoms. The number of aromatic nitrogens is 1. The highest BCUT2D eigenvalue weighted by molar-refractivity contribution is 5.96. The number of hydrogen-bond donors (Lipinski definition) is 3. The second-order valence-electron chi connectivity index (χ2n) is 5.98. The summed E-state index contributed by atoms with van der Waals surface area (Å²) in [4.78, 5) is 17.0. The van der Waals surface area contributed by atoms with E-state index >= 15 is 0 Å². The van der Waals surface area contributed by atoms with E-state index in [0.717, 1.165) is 22.4 Å². The average molecular weight is 353 g/mol. The van der Waals surface area contributed by atoms with Crippen molar-refractivity contribution in [3.8, 4) is 5.75 Å². The van der Waals surface area contributed by atoms with Crippen LogP contribution < -0.4 is 10.1 Å². The molecule has 0 radical (unpaired) electrons.